The second-order valence-electron chi connectivity index (χ2n) is 6.66. The highest BCUT2D eigenvalue weighted by molar-refractivity contribution is 5.22. The Kier molecular flexibility index (Phi) is 7.33. The van der Waals surface area contributed by atoms with E-state index in [1.54, 1.807) is 0 Å². The number of hydrogen-bond donors (Lipinski definition) is 4. The maximum absolute atomic E-state index is 6.45. The van der Waals surface area contributed by atoms with Crippen LogP contribution in [0.15, 0.2) is 24.3 Å². The van der Waals surface area contributed by atoms with Crippen molar-refractivity contribution in [3.8, 4) is 0 Å². The highest BCUT2D eigenvalue weighted by atomic mass is 14.9. The van der Waals surface area contributed by atoms with Gasteiger partial charge in [-0.05, 0) is 43.5 Å². The Morgan fingerprint density at radius 3 is 2.09 bits per heavy atom. The normalized spacial score (nSPS) is 17.5. The van der Waals surface area contributed by atoms with Crippen LogP contribution in [0.3, 0.4) is 0 Å². The summed E-state index contributed by atoms with van der Waals surface area (Å²) in [5.74, 6) is 0. The SMILES string of the molecule is NCCCNCc1ccc(CNCC2(N)CCCCC2)cc1. The van der Waals surface area contributed by atoms with Crippen LogP contribution in [-0.2, 0) is 13.1 Å². The highest BCUT2D eigenvalue weighted by Crippen LogP contribution is 2.25. The predicted molar refractivity (Wildman–Crippen MR) is 93.5 cm³/mol. The summed E-state index contributed by atoms with van der Waals surface area (Å²) in [5, 5.41) is 6.94. The minimum absolute atomic E-state index is 0.0190. The van der Waals surface area contributed by atoms with Crippen LogP contribution in [0, 0.1) is 0 Å². The summed E-state index contributed by atoms with van der Waals surface area (Å²) in [6.45, 7) is 4.48. The Morgan fingerprint density at radius 2 is 1.50 bits per heavy atom. The van der Waals surface area contributed by atoms with Gasteiger partial charge in [-0.15, -0.1) is 0 Å². The maximum Gasteiger partial charge on any atom is 0.0280 e. The van der Waals surface area contributed by atoms with E-state index in [4.69, 9.17) is 11.5 Å². The van der Waals surface area contributed by atoms with Crippen molar-refractivity contribution < 1.29 is 0 Å². The molecule has 0 bridgehead atoms. The van der Waals surface area contributed by atoms with Gasteiger partial charge in [0.25, 0.3) is 0 Å². The number of nitrogens with one attached hydrogen (secondary N) is 2. The first-order valence-electron chi connectivity index (χ1n) is 8.70. The van der Waals surface area contributed by atoms with Gasteiger partial charge in [-0.2, -0.15) is 0 Å². The molecule has 0 atom stereocenters. The summed E-state index contributed by atoms with van der Waals surface area (Å²) < 4.78 is 0. The van der Waals surface area contributed by atoms with E-state index in [-0.39, 0.29) is 5.54 Å². The van der Waals surface area contributed by atoms with Crippen molar-refractivity contribution in [2.45, 2.75) is 57.2 Å². The van der Waals surface area contributed by atoms with Crippen LogP contribution < -0.4 is 22.1 Å². The lowest BCUT2D eigenvalue weighted by Gasteiger charge is -2.33. The molecular weight excluding hydrogens is 272 g/mol. The first-order chi connectivity index (χ1) is 10.7. The number of rotatable bonds is 9. The third-order valence-corrected chi connectivity index (χ3v) is 4.57. The third-order valence-electron chi connectivity index (χ3n) is 4.57. The number of nitrogens with two attached hydrogens (primary N) is 2. The van der Waals surface area contributed by atoms with Gasteiger partial charge in [0.2, 0.25) is 0 Å². The van der Waals surface area contributed by atoms with E-state index >= 15 is 0 Å². The van der Waals surface area contributed by atoms with Crippen molar-refractivity contribution in [2.75, 3.05) is 19.6 Å². The quantitative estimate of drug-likeness (QED) is 0.525. The molecule has 1 aliphatic rings. The van der Waals surface area contributed by atoms with E-state index in [0.29, 0.717) is 0 Å². The van der Waals surface area contributed by atoms with Gasteiger partial charge in [-0.3, -0.25) is 0 Å². The molecule has 0 saturated heterocycles. The first kappa shape index (κ1) is 17.4. The average Bonchev–Trinajstić information content (AvgIpc) is 2.53. The predicted octanol–water partition coefficient (Wildman–Crippen LogP) is 1.88. The summed E-state index contributed by atoms with van der Waals surface area (Å²) >= 11 is 0. The molecule has 1 aromatic rings. The standard InChI is InChI=1S/C18H32N4/c19-11-4-12-21-13-16-5-7-17(8-6-16)14-22-15-18(20)9-2-1-3-10-18/h5-8,21-22H,1-4,9-15,19-20H2. The summed E-state index contributed by atoms with van der Waals surface area (Å²) in [6.07, 6.45) is 7.26. The van der Waals surface area contributed by atoms with E-state index in [1.165, 1.54) is 30.4 Å². The molecule has 1 saturated carbocycles. The van der Waals surface area contributed by atoms with E-state index in [2.05, 4.69) is 34.9 Å². The molecule has 1 aliphatic carbocycles. The molecule has 0 spiro atoms. The van der Waals surface area contributed by atoms with Gasteiger partial charge in [-0.1, -0.05) is 43.5 Å². The van der Waals surface area contributed by atoms with Crippen molar-refractivity contribution in [3.63, 3.8) is 0 Å². The smallest absolute Gasteiger partial charge is 0.0280 e. The lowest BCUT2D eigenvalue weighted by Crippen LogP contribution is -2.49. The van der Waals surface area contributed by atoms with Gasteiger partial charge in [-0.25, -0.2) is 0 Å². The molecule has 22 heavy (non-hydrogen) atoms. The second kappa shape index (κ2) is 9.26. The monoisotopic (exact) mass is 304 g/mol. The maximum atomic E-state index is 6.45. The Bertz CT molecular complexity index is 410. The van der Waals surface area contributed by atoms with Crippen LogP contribution in [0.2, 0.25) is 0 Å². The van der Waals surface area contributed by atoms with E-state index < -0.39 is 0 Å². The molecule has 2 rings (SSSR count). The fourth-order valence-corrected chi connectivity index (χ4v) is 3.12. The van der Waals surface area contributed by atoms with Gasteiger partial charge in [0.15, 0.2) is 0 Å². The summed E-state index contributed by atoms with van der Waals surface area (Å²) in [7, 11) is 0. The largest absolute Gasteiger partial charge is 0.330 e. The van der Waals surface area contributed by atoms with Crippen LogP contribution in [0.4, 0.5) is 0 Å². The number of hydrogen-bond acceptors (Lipinski definition) is 4. The summed E-state index contributed by atoms with van der Waals surface area (Å²) in [4.78, 5) is 0. The second-order valence-corrected chi connectivity index (χ2v) is 6.66. The molecule has 1 aromatic carbocycles. The van der Waals surface area contributed by atoms with Crippen LogP contribution in [0.25, 0.3) is 0 Å². The Labute approximate surface area is 135 Å². The lowest BCUT2D eigenvalue weighted by atomic mass is 9.82. The van der Waals surface area contributed by atoms with E-state index in [1.807, 2.05) is 0 Å². The molecule has 4 nitrogen and oxygen atoms in total. The molecule has 0 aliphatic heterocycles. The van der Waals surface area contributed by atoms with Gasteiger partial charge >= 0.3 is 0 Å². The van der Waals surface area contributed by atoms with Crippen LogP contribution in [0.1, 0.15) is 49.7 Å². The molecule has 124 valence electrons. The molecule has 0 aromatic heterocycles. The minimum atomic E-state index is 0.0190. The van der Waals surface area contributed by atoms with Crippen molar-refractivity contribution in [1.82, 2.24) is 10.6 Å². The molecule has 0 unspecified atom stereocenters. The Balaban J connectivity index is 1.67. The average molecular weight is 304 g/mol. The van der Waals surface area contributed by atoms with Gasteiger partial charge in [0.05, 0.1) is 0 Å². The highest BCUT2D eigenvalue weighted by Gasteiger charge is 2.26. The van der Waals surface area contributed by atoms with Gasteiger partial charge in [0, 0.05) is 25.2 Å². The fraction of sp³-hybridized carbons (Fsp3) is 0.667. The van der Waals surface area contributed by atoms with Crippen molar-refractivity contribution in [2.24, 2.45) is 11.5 Å². The molecule has 1 fully saturated rings. The Morgan fingerprint density at radius 1 is 0.909 bits per heavy atom. The molecule has 0 amide bonds. The van der Waals surface area contributed by atoms with Crippen LogP contribution >= 0.6 is 0 Å². The van der Waals surface area contributed by atoms with Gasteiger partial charge in [0.1, 0.15) is 0 Å². The molecule has 6 N–H and O–H groups in total. The molecule has 0 heterocycles. The van der Waals surface area contributed by atoms with Crippen LogP contribution in [-0.4, -0.2) is 25.2 Å². The zero-order valence-corrected chi connectivity index (χ0v) is 13.7. The zero-order chi connectivity index (χ0) is 15.7. The van der Waals surface area contributed by atoms with Crippen LogP contribution in [0.5, 0.6) is 0 Å². The molecular formula is C18H32N4. The third kappa shape index (κ3) is 6.05. The number of benzene rings is 1. The van der Waals surface area contributed by atoms with Crippen molar-refractivity contribution in [3.05, 3.63) is 35.4 Å². The van der Waals surface area contributed by atoms with E-state index in [9.17, 15) is 0 Å². The summed E-state index contributed by atoms with van der Waals surface area (Å²) in [5.41, 5.74) is 14.6. The zero-order valence-electron chi connectivity index (χ0n) is 13.7. The Hall–Kier alpha value is -0.940. The van der Waals surface area contributed by atoms with Crippen molar-refractivity contribution in [1.29, 1.82) is 0 Å². The first-order valence-corrected chi connectivity index (χ1v) is 8.70. The topological polar surface area (TPSA) is 76.1 Å². The summed E-state index contributed by atoms with van der Waals surface area (Å²) in [6, 6.07) is 8.81. The molecule has 0 radical (unpaired) electrons. The minimum Gasteiger partial charge on any atom is -0.330 e. The fourth-order valence-electron chi connectivity index (χ4n) is 3.12. The molecule has 4 heteroatoms. The van der Waals surface area contributed by atoms with Gasteiger partial charge < -0.3 is 22.1 Å². The lowest BCUT2D eigenvalue weighted by molar-refractivity contribution is 0.283. The van der Waals surface area contributed by atoms with Crippen molar-refractivity contribution >= 4 is 0 Å². The van der Waals surface area contributed by atoms with E-state index in [0.717, 1.165) is 52.0 Å².